The molecule has 1 saturated heterocycles. The van der Waals surface area contributed by atoms with E-state index < -0.39 is 12.8 Å². The van der Waals surface area contributed by atoms with Crippen molar-refractivity contribution in [3.63, 3.8) is 0 Å². The molecule has 1 unspecified atom stereocenters. The minimum Gasteiger partial charge on any atom is -0.468 e. The monoisotopic (exact) mass is 375 g/mol. The molecule has 1 aromatic heterocycles. The first-order valence-corrected chi connectivity index (χ1v) is 6.64. The van der Waals surface area contributed by atoms with Crippen LogP contribution in [0, 0.1) is 0 Å². The average molecular weight is 376 g/mol. The highest BCUT2D eigenvalue weighted by Gasteiger charge is 2.28. The lowest BCUT2D eigenvalue weighted by molar-refractivity contribution is -0.154. The molecule has 0 aliphatic carbocycles. The van der Waals surface area contributed by atoms with E-state index in [9.17, 15) is 18.0 Å². The van der Waals surface area contributed by atoms with Gasteiger partial charge in [0.25, 0.3) is 0 Å². The van der Waals surface area contributed by atoms with Crippen molar-refractivity contribution in [3.05, 3.63) is 18.3 Å². The Morgan fingerprint density at radius 1 is 1.35 bits per heavy atom. The molecule has 10 heteroatoms. The number of halogens is 5. The first-order valence-electron chi connectivity index (χ1n) is 6.64. The number of rotatable bonds is 4. The van der Waals surface area contributed by atoms with Crippen molar-refractivity contribution < 1.29 is 22.7 Å². The molecule has 0 aromatic carbocycles. The van der Waals surface area contributed by atoms with E-state index in [1.165, 1.54) is 18.3 Å². The van der Waals surface area contributed by atoms with E-state index in [4.69, 9.17) is 0 Å². The number of amides is 1. The lowest BCUT2D eigenvalue weighted by Gasteiger charge is -2.22. The summed E-state index contributed by atoms with van der Waals surface area (Å²) in [7, 11) is 0. The highest BCUT2D eigenvalue weighted by molar-refractivity contribution is 5.94. The number of alkyl halides is 3. The summed E-state index contributed by atoms with van der Waals surface area (Å²) < 4.78 is 40.4. The number of carbonyl (C=O) groups excluding carboxylic acids is 1. The Morgan fingerprint density at radius 3 is 2.61 bits per heavy atom. The molecule has 0 radical (unpaired) electrons. The van der Waals surface area contributed by atoms with Gasteiger partial charge in [-0.25, -0.2) is 4.98 Å². The largest absolute Gasteiger partial charge is 0.468 e. The quantitative estimate of drug-likeness (QED) is 0.848. The van der Waals surface area contributed by atoms with Gasteiger partial charge in [0, 0.05) is 6.07 Å². The van der Waals surface area contributed by atoms with Crippen LogP contribution < -0.4 is 15.4 Å². The van der Waals surface area contributed by atoms with Crippen LogP contribution in [-0.2, 0) is 4.79 Å². The molecule has 2 heterocycles. The molecule has 1 atom stereocenters. The standard InChI is InChI=1S/C13H16F3N3O2.2ClH/c14-13(15,16)8-21-11-5-4-9(7-18-11)19-12(20)10-3-1-2-6-17-10;;/h4-5,7,10,17H,1-3,6,8H2,(H,19,20);2*1H. The normalized spacial score (nSPS) is 17.4. The summed E-state index contributed by atoms with van der Waals surface area (Å²) in [5.74, 6) is -0.304. The molecule has 2 N–H and O–H groups in total. The van der Waals surface area contributed by atoms with Crippen LogP contribution in [0.5, 0.6) is 5.88 Å². The Labute approximate surface area is 144 Å². The van der Waals surface area contributed by atoms with E-state index in [1.54, 1.807) is 0 Å². The smallest absolute Gasteiger partial charge is 0.422 e. The topological polar surface area (TPSA) is 63.2 Å². The molecule has 1 amide bonds. The maximum Gasteiger partial charge on any atom is 0.422 e. The van der Waals surface area contributed by atoms with Gasteiger partial charge in [-0.15, -0.1) is 24.8 Å². The lowest BCUT2D eigenvalue weighted by Crippen LogP contribution is -2.43. The number of aromatic nitrogens is 1. The summed E-state index contributed by atoms with van der Waals surface area (Å²) in [6.07, 6.45) is -0.316. The van der Waals surface area contributed by atoms with Crippen LogP contribution in [0.3, 0.4) is 0 Å². The van der Waals surface area contributed by atoms with Gasteiger partial charge in [0.1, 0.15) is 0 Å². The predicted octanol–water partition coefficient (Wildman–Crippen LogP) is 2.95. The maximum atomic E-state index is 12.0. The zero-order valence-corrected chi connectivity index (χ0v) is 13.7. The first-order chi connectivity index (χ1) is 9.94. The Morgan fingerprint density at radius 2 is 2.09 bits per heavy atom. The second-order valence-corrected chi connectivity index (χ2v) is 4.78. The van der Waals surface area contributed by atoms with Crippen LogP contribution in [0.4, 0.5) is 18.9 Å². The third-order valence-corrected chi connectivity index (χ3v) is 3.01. The number of hydrogen-bond donors (Lipinski definition) is 2. The highest BCUT2D eigenvalue weighted by Crippen LogP contribution is 2.18. The lowest BCUT2D eigenvalue weighted by atomic mass is 10.0. The maximum absolute atomic E-state index is 12.0. The fourth-order valence-corrected chi connectivity index (χ4v) is 2.00. The summed E-state index contributed by atoms with van der Waals surface area (Å²) in [5.41, 5.74) is 0.423. The highest BCUT2D eigenvalue weighted by atomic mass is 35.5. The van der Waals surface area contributed by atoms with Crippen LogP contribution >= 0.6 is 24.8 Å². The molecule has 1 aliphatic rings. The summed E-state index contributed by atoms with van der Waals surface area (Å²) in [6.45, 7) is -0.585. The number of nitrogens with one attached hydrogen (secondary N) is 2. The van der Waals surface area contributed by atoms with Gasteiger partial charge in [0.15, 0.2) is 6.61 Å². The molecule has 0 saturated carbocycles. The Balaban J connectivity index is 0.00000242. The third kappa shape index (κ3) is 7.71. The second-order valence-electron chi connectivity index (χ2n) is 4.78. The number of piperidine rings is 1. The van der Waals surface area contributed by atoms with Crippen molar-refractivity contribution in [1.29, 1.82) is 0 Å². The zero-order chi connectivity index (χ0) is 15.3. The minimum absolute atomic E-state index is 0. The molecular formula is C13H18Cl2F3N3O2. The van der Waals surface area contributed by atoms with E-state index >= 15 is 0 Å². The SMILES string of the molecule is Cl.Cl.O=C(Nc1ccc(OCC(F)(F)F)nc1)C1CCCCN1. The van der Waals surface area contributed by atoms with Crippen LogP contribution in [0.2, 0.25) is 0 Å². The van der Waals surface area contributed by atoms with Gasteiger partial charge in [-0.2, -0.15) is 13.2 Å². The first kappa shape index (κ1) is 21.8. The van der Waals surface area contributed by atoms with Crippen LogP contribution in [-0.4, -0.2) is 36.3 Å². The molecule has 1 aromatic rings. The molecule has 2 rings (SSSR count). The van der Waals surface area contributed by atoms with E-state index in [0.29, 0.717) is 5.69 Å². The zero-order valence-electron chi connectivity index (χ0n) is 12.1. The van der Waals surface area contributed by atoms with Crippen LogP contribution in [0.25, 0.3) is 0 Å². The van der Waals surface area contributed by atoms with Crippen LogP contribution in [0.15, 0.2) is 18.3 Å². The van der Waals surface area contributed by atoms with E-state index in [2.05, 4.69) is 20.4 Å². The van der Waals surface area contributed by atoms with Crippen molar-refractivity contribution in [2.24, 2.45) is 0 Å². The molecular weight excluding hydrogens is 358 g/mol. The Hall–Kier alpha value is -1.25. The molecule has 0 spiro atoms. The van der Waals surface area contributed by atoms with E-state index in [1.807, 2.05) is 0 Å². The number of carbonyl (C=O) groups is 1. The summed E-state index contributed by atoms with van der Waals surface area (Å²) >= 11 is 0. The van der Waals surface area contributed by atoms with Crippen molar-refractivity contribution >= 4 is 36.4 Å². The van der Waals surface area contributed by atoms with Crippen molar-refractivity contribution in [1.82, 2.24) is 10.3 Å². The molecule has 1 fully saturated rings. The number of hydrogen-bond acceptors (Lipinski definition) is 4. The Kier molecular flexibility index (Phi) is 9.26. The number of ether oxygens (including phenoxy) is 1. The number of pyridine rings is 1. The molecule has 5 nitrogen and oxygen atoms in total. The fraction of sp³-hybridized carbons (Fsp3) is 0.538. The van der Waals surface area contributed by atoms with Gasteiger partial charge in [0.05, 0.1) is 17.9 Å². The molecule has 23 heavy (non-hydrogen) atoms. The van der Waals surface area contributed by atoms with Gasteiger partial charge in [-0.3, -0.25) is 4.79 Å². The van der Waals surface area contributed by atoms with Gasteiger partial charge in [-0.1, -0.05) is 6.42 Å². The summed E-state index contributed by atoms with van der Waals surface area (Å²) in [4.78, 5) is 15.7. The van der Waals surface area contributed by atoms with Gasteiger partial charge in [-0.05, 0) is 25.5 Å². The molecule has 1 aliphatic heterocycles. The number of anilines is 1. The van der Waals surface area contributed by atoms with Crippen LogP contribution in [0.1, 0.15) is 19.3 Å². The van der Waals surface area contributed by atoms with E-state index in [-0.39, 0.29) is 42.6 Å². The van der Waals surface area contributed by atoms with Gasteiger partial charge in [0.2, 0.25) is 11.8 Å². The van der Waals surface area contributed by atoms with Gasteiger partial charge < -0.3 is 15.4 Å². The third-order valence-electron chi connectivity index (χ3n) is 3.01. The summed E-state index contributed by atoms with van der Waals surface area (Å²) in [5, 5.41) is 5.77. The van der Waals surface area contributed by atoms with Gasteiger partial charge >= 0.3 is 6.18 Å². The number of nitrogens with zero attached hydrogens (tertiary/aromatic N) is 1. The molecule has 132 valence electrons. The van der Waals surface area contributed by atoms with Crippen molar-refractivity contribution in [3.8, 4) is 5.88 Å². The van der Waals surface area contributed by atoms with Crippen molar-refractivity contribution in [2.45, 2.75) is 31.5 Å². The van der Waals surface area contributed by atoms with E-state index in [0.717, 1.165) is 25.8 Å². The molecule has 0 bridgehead atoms. The Bertz CT molecular complexity index is 480. The minimum atomic E-state index is -4.40. The van der Waals surface area contributed by atoms with Crippen molar-refractivity contribution in [2.75, 3.05) is 18.5 Å². The fourth-order valence-electron chi connectivity index (χ4n) is 2.00. The summed E-state index contributed by atoms with van der Waals surface area (Å²) in [6, 6.07) is 2.51. The second kappa shape index (κ2) is 9.79. The average Bonchev–Trinajstić information content (AvgIpc) is 2.46. The predicted molar refractivity (Wildman–Crippen MR) is 84.6 cm³/mol.